The molecule has 0 saturated carbocycles. The van der Waals surface area contributed by atoms with Crippen LogP contribution in [0.3, 0.4) is 0 Å². The summed E-state index contributed by atoms with van der Waals surface area (Å²) in [6, 6.07) is 9.53. The van der Waals surface area contributed by atoms with Gasteiger partial charge in [-0.05, 0) is 19.1 Å². The van der Waals surface area contributed by atoms with Crippen LogP contribution in [0.25, 0.3) is 11.3 Å². The summed E-state index contributed by atoms with van der Waals surface area (Å²) in [6.45, 7) is 1.90. The molecule has 0 bridgehead atoms. The molecule has 0 saturated heterocycles. The molecule has 0 fully saturated rings. The molecule has 0 spiro atoms. The first-order chi connectivity index (χ1) is 9.69. The van der Waals surface area contributed by atoms with E-state index in [0.717, 1.165) is 23.4 Å². The summed E-state index contributed by atoms with van der Waals surface area (Å²) in [6.07, 6.45) is -10.2. The van der Waals surface area contributed by atoms with Gasteiger partial charge in [0.15, 0.2) is 0 Å². The van der Waals surface area contributed by atoms with Crippen LogP contribution in [0.15, 0.2) is 42.6 Å². The lowest BCUT2D eigenvalue weighted by atomic mass is 10.1. The van der Waals surface area contributed by atoms with Crippen LogP contribution < -0.4 is 4.74 Å². The summed E-state index contributed by atoms with van der Waals surface area (Å²) in [5, 5.41) is 0. The van der Waals surface area contributed by atoms with Crippen molar-refractivity contribution in [2.24, 2.45) is 0 Å². The van der Waals surface area contributed by atoms with Crippen LogP contribution in [0.4, 0.5) is 22.0 Å². The molecule has 0 radical (unpaired) electrons. The normalized spacial score (nSPS) is 12.3. The monoisotopic (exact) mass is 303 g/mol. The van der Waals surface area contributed by atoms with Crippen molar-refractivity contribution in [1.82, 2.24) is 4.98 Å². The standard InChI is InChI=1S/C14H10F5NO/c1-9-2-4-10(5-3-9)12-7-6-11(8-20-12)21-14(18,19)13(15,16)17/h2-8H,1H3. The number of alkyl halides is 5. The summed E-state index contributed by atoms with van der Waals surface area (Å²) in [7, 11) is 0. The number of aromatic nitrogens is 1. The quantitative estimate of drug-likeness (QED) is 0.774. The lowest BCUT2D eigenvalue weighted by molar-refractivity contribution is -0.360. The summed E-state index contributed by atoms with van der Waals surface area (Å²) >= 11 is 0. The average molecular weight is 303 g/mol. The molecule has 1 aromatic carbocycles. The maximum absolute atomic E-state index is 12.7. The zero-order valence-corrected chi connectivity index (χ0v) is 10.8. The zero-order valence-electron chi connectivity index (χ0n) is 10.8. The maximum atomic E-state index is 12.7. The van der Waals surface area contributed by atoms with E-state index in [-0.39, 0.29) is 0 Å². The molecule has 2 aromatic rings. The van der Waals surface area contributed by atoms with Crippen molar-refractivity contribution in [2.75, 3.05) is 0 Å². The Kier molecular flexibility index (Phi) is 3.85. The van der Waals surface area contributed by atoms with Gasteiger partial charge in [-0.1, -0.05) is 29.8 Å². The fourth-order valence-electron chi connectivity index (χ4n) is 1.54. The lowest BCUT2D eigenvalue weighted by Gasteiger charge is -2.19. The van der Waals surface area contributed by atoms with Crippen LogP contribution >= 0.6 is 0 Å². The predicted molar refractivity (Wildman–Crippen MR) is 66.0 cm³/mol. The third kappa shape index (κ3) is 3.48. The van der Waals surface area contributed by atoms with Crippen molar-refractivity contribution in [1.29, 1.82) is 0 Å². The Morgan fingerprint density at radius 2 is 1.52 bits per heavy atom. The number of halogens is 5. The minimum Gasteiger partial charge on any atom is -0.424 e. The second-order valence-electron chi connectivity index (χ2n) is 4.36. The first kappa shape index (κ1) is 15.2. The van der Waals surface area contributed by atoms with Gasteiger partial charge in [0, 0.05) is 5.56 Å². The third-order valence-corrected chi connectivity index (χ3v) is 2.66. The molecule has 1 heterocycles. The Balaban J connectivity index is 2.18. The molecule has 7 heteroatoms. The average Bonchev–Trinajstić information content (AvgIpc) is 2.39. The van der Waals surface area contributed by atoms with E-state index in [1.165, 1.54) is 6.07 Å². The number of benzene rings is 1. The van der Waals surface area contributed by atoms with Gasteiger partial charge in [0.1, 0.15) is 5.75 Å². The Morgan fingerprint density at radius 3 is 2.00 bits per heavy atom. The van der Waals surface area contributed by atoms with E-state index < -0.39 is 18.0 Å². The molecule has 0 aliphatic rings. The van der Waals surface area contributed by atoms with Crippen molar-refractivity contribution >= 4 is 0 Å². The second-order valence-corrected chi connectivity index (χ2v) is 4.36. The van der Waals surface area contributed by atoms with Gasteiger partial charge in [0.25, 0.3) is 0 Å². The number of rotatable bonds is 3. The van der Waals surface area contributed by atoms with Crippen LogP contribution in [-0.4, -0.2) is 17.3 Å². The Hall–Kier alpha value is -2.18. The van der Waals surface area contributed by atoms with Crippen LogP contribution in [0.1, 0.15) is 5.56 Å². The fraction of sp³-hybridized carbons (Fsp3) is 0.214. The molecule has 0 unspecified atom stereocenters. The second kappa shape index (κ2) is 5.31. The van der Waals surface area contributed by atoms with Crippen LogP contribution in [0, 0.1) is 6.92 Å². The molecule has 0 aliphatic heterocycles. The highest BCUT2D eigenvalue weighted by atomic mass is 19.4. The Bertz CT molecular complexity index is 605. The van der Waals surface area contributed by atoms with Crippen molar-refractivity contribution in [3.8, 4) is 17.0 Å². The molecule has 0 amide bonds. The van der Waals surface area contributed by atoms with Gasteiger partial charge < -0.3 is 4.74 Å². The SMILES string of the molecule is Cc1ccc(-c2ccc(OC(F)(F)C(F)(F)F)cn2)cc1. The van der Waals surface area contributed by atoms with Gasteiger partial charge in [-0.2, -0.15) is 22.0 Å². The van der Waals surface area contributed by atoms with Crippen molar-refractivity contribution in [3.63, 3.8) is 0 Å². The van der Waals surface area contributed by atoms with Crippen LogP contribution in [-0.2, 0) is 0 Å². The summed E-state index contributed by atoms with van der Waals surface area (Å²) in [5.41, 5.74) is 2.19. The molecule has 0 aliphatic carbocycles. The van der Waals surface area contributed by atoms with E-state index >= 15 is 0 Å². The highest BCUT2D eigenvalue weighted by Crippen LogP contribution is 2.37. The van der Waals surface area contributed by atoms with Gasteiger partial charge in [-0.3, -0.25) is 4.98 Å². The Morgan fingerprint density at radius 1 is 0.905 bits per heavy atom. The van der Waals surface area contributed by atoms with Crippen molar-refractivity contribution in [2.45, 2.75) is 19.2 Å². The number of nitrogens with zero attached hydrogens (tertiary/aromatic N) is 1. The zero-order chi connectivity index (χ0) is 15.7. The number of aryl methyl sites for hydroxylation is 1. The molecule has 0 atom stereocenters. The molecular formula is C14H10F5NO. The fourth-order valence-corrected chi connectivity index (χ4v) is 1.54. The number of hydrogen-bond donors (Lipinski definition) is 0. The van der Waals surface area contributed by atoms with Gasteiger partial charge >= 0.3 is 12.3 Å². The molecular weight excluding hydrogens is 293 g/mol. The summed E-state index contributed by atoms with van der Waals surface area (Å²) < 4.78 is 65.1. The predicted octanol–water partition coefficient (Wildman–Crippen LogP) is 4.59. The summed E-state index contributed by atoms with van der Waals surface area (Å²) in [4.78, 5) is 3.82. The third-order valence-electron chi connectivity index (χ3n) is 2.66. The minimum atomic E-state index is -5.78. The van der Waals surface area contributed by atoms with E-state index in [4.69, 9.17) is 0 Å². The highest BCUT2D eigenvalue weighted by molar-refractivity contribution is 5.59. The Labute approximate surface area is 117 Å². The van der Waals surface area contributed by atoms with E-state index in [1.807, 2.05) is 19.1 Å². The van der Waals surface area contributed by atoms with Gasteiger partial charge in [-0.15, -0.1) is 0 Å². The number of hydrogen-bond acceptors (Lipinski definition) is 2. The summed E-state index contributed by atoms with van der Waals surface area (Å²) in [5.74, 6) is -0.659. The van der Waals surface area contributed by atoms with Gasteiger partial charge in [-0.25, -0.2) is 0 Å². The minimum absolute atomic E-state index is 0.442. The van der Waals surface area contributed by atoms with Gasteiger partial charge in [0.2, 0.25) is 0 Å². The molecule has 2 rings (SSSR count). The molecule has 0 N–H and O–H groups in total. The molecule has 21 heavy (non-hydrogen) atoms. The topological polar surface area (TPSA) is 22.1 Å². The first-order valence-electron chi connectivity index (χ1n) is 5.86. The van der Waals surface area contributed by atoms with E-state index in [1.54, 1.807) is 12.1 Å². The maximum Gasteiger partial charge on any atom is 0.499 e. The van der Waals surface area contributed by atoms with Gasteiger partial charge in [0.05, 0.1) is 11.9 Å². The molecule has 2 nitrogen and oxygen atoms in total. The smallest absolute Gasteiger partial charge is 0.424 e. The number of pyridine rings is 1. The van der Waals surface area contributed by atoms with Crippen LogP contribution in [0.5, 0.6) is 5.75 Å². The van der Waals surface area contributed by atoms with Crippen molar-refractivity contribution in [3.05, 3.63) is 48.2 Å². The lowest BCUT2D eigenvalue weighted by Crippen LogP contribution is -2.41. The van der Waals surface area contributed by atoms with Crippen LogP contribution in [0.2, 0.25) is 0 Å². The number of ether oxygens (including phenoxy) is 1. The molecule has 1 aromatic heterocycles. The van der Waals surface area contributed by atoms with Crippen molar-refractivity contribution < 1.29 is 26.7 Å². The largest absolute Gasteiger partial charge is 0.499 e. The first-order valence-corrected chi connectivity index (χ1v) is 5.86. The molecule has 112 valence electrons. The van der Waals surface area contributed by atoms with E-state index in [2.05, 4.69) is 9.72 Å². The van der Waals surface area contributed by atoms with E-state index in [0.29, 0.717) is 5.69 Å². The van der Waals surface area contributed by atoms with E-state index in [9.17, 15) is 22.0 Å². The highest BCUT2D eigenvalue weighted by Gasteiger charge is 2.61.